The number of carbonyl (C=O) groups excluding carboxylic acids is 2. The van der Waals surface area contributed by atoms with Crippen LogP contribution < -0.4 is 0 Å². The minimum Gasteiger partial charge on any atom is -0.447 e. The third-order valence-electron chi connectivity index (χ3n) is 5.18. The summed E-state index contributed by atoms with van der Waals surface area (Å²) in [7, 11) is 0. The molecule has 2 aliphatic heterocycles. The molecule has 3 heterocycles. The van der Waals surface area contributed by atoms with E-state index in [1.807, 2.05) is 17.2 Å². The van der Waals surface area contributed by atoms with E-state index in [1.54, 1.807) is 11.1 Å². The molecular formula is C18H25N3O3. The van der Waals surface area contributed by atoms with E-state index < -0.39 is 0 Å². The van der Waals surface area contributed by atoms with E-state index in [0.717, 1.165) is 25.7 Å². The molecular weight excluding hydrogens is 306 g/mol. The fourth-order valence-corrected chi connectivity index (χ4v) is 3.59. The van der Waals surface area contributed by atoms with E-state index in [4.69, 9.17) is 4.74 Å². The number of hydrogen-bond donors (Lipinski definition) is 0. The summed E-state index contributed by atoms with van der Waals surface area (Å²) in [5.74, 6) is 0.188. The summed E-state index contributed by atoms with van der Waals surface area (Å²) in [6, 6.07) is 4.01. The first-order chi connectivity index (χ1) is 11.6. The Labute approximate surface area is 142 Å². The van der Waals surface area contributed by atoms with E-state index in [-0.39, 0.29) is 17.5 Å². The van der Waals surface area contributed by atoms with Crippen LogP contribution in [0.3, 0.4) is 0 Å². The van der Waals surface area contributed by atoms with Crippen molar-refractivity contribution in [2.45, 2.75) is 44.6 Å². The number of nitrogens with zero attached hydrogens (tertiary/aromatic N) is 3. The summed E-state index contributed by atoms with van der Waals surface area (Å²) in [6.07, 6.45) is 7.60. The molecule has 2 amide bonds. The molecule has 1 aromatic rings. The zero-order valence-corrected chi connectivity index (χ0v) is 14.2. The molecule has 2 aliphatic rings. The van der Waals surface area contributed by atoms with E-state index >= 15 is 0 Å². The van der Waals surface area contributed by atoms with Gasteiger partial charge >= 0.3 is 6.09 Å². The van der Waals surface area contributed by atoms with Gasteiger partial charge in [-0.2, -0.15) is 0 Å². The highest BCUT2D eigenvalue weighted by molar-refractivity contribution is 5.77. The Kier molecular flexibility index (Phi) is 5.02. The van der Waals surface area contributed by atoms with Crippen molar-refractivity contribution in [2.75, 3.05) is 26.2 Å². The third kappa shape index (κ3) is 3.37. The van der Waals surface area contributed by atoms with Crippen LogP contribution in [-0.4, -0.2) is 58.6 Å². The fraction of sp³-hybridized carbons (Fsp3) is 0.611. The van der Waals surface area contributed by atoms with Crippen LogP contribution in [0.4, 0.5) is 4.79 Å². The van der Waals surface area contributed by atoms with Gasteiger partial charge in [-0.15, -0.1) is 0 Å². The van der Waals surface area contributed by atoms with Crippen LogP contribution in [0.15, 0.2) is 24.5 Å². The maximum atomic E-state index is 12.5. The molecule has 0 bridgehead atoms. The van der Waals surface area contributed by atoms with Crippen LogP contribution >= 0.6 is 0 Å². The van der Waals surface area contributed by atoms with Gasteiger partial charge in [-0.25, -0.2) is 4.79 Å². The van der Waals surface area contributed by atoms with Gasteiger partial charge in [-0.3, -0.25) is 14.7 Å². The molecule has 0 radical (unpaired) electrons. The van der Waals surface area contributed by atoms with Crippen molar-refractivity contribution in [1.82, 2.24) is 14.8 Å². The van der Waals surface area contributed by atoms with E-state index in [2.05, 4.69) is 18.0 Å². The van der Waals surface area contributed by atoms with Gasteiger partial charge in [0.2, 0.25) is 5.91 Å². The highest BCUT2D eigenvalue weighted by Gasteiger charge is 2.50. The standard InChI is InChI=1S/C18H25N3O3/c1-2-18-13-20(10-11-21(18)17(23)24-14-18)16(22)8-4-3-6-15-7-5-9-19-12-15/h5,7,9,12H,2-4,6,8,10-11,13-14H2,1H3. The van der Waals surface area contributed by atoms with Crippen molar-refractivity contribution in [3.05, 3.63) is 30.1 Å². The average Bonchev–Trinajstić information content (AvgIpc) is 2.96. The lowest BCUT2D eigenvalue weighted by Gasteiger charge is -2.44. The smallest absolute Gasteiger partial charge is 0.410 e. The summed E-state index contributed by atoms with van der Waals surface area (Å²) in [5.41, 5.74) is 0.894. The number of unbranched alkanes of at least 4 members (excludes halogenated alkanes) is 1. The normalized spacial score (nSPS) is 23.1. The monoisotopic (exact) mass is 331 g/mol. The summed E-state index contributed by atoms with van der Waals surface area (Å²) in [5, 5.41) is 0. The predicted octanol–water partition coefficient (Wildman–Crippen LogP) is 2.24. The zero-order chi connectivity index (χ0) is 17.0. The number of piperazine rings is 1. The molecule has 1 unspecified atom stereocenters. The Hall–Kier alpha value is -2.11. The lowest BCUT2D eigenvalue weighted by Crippen LogP contribution is -2.62. The minimum absolute atomic E-state index is 0.188. The van der Waals surface area contributed by atoms with E-state index in [9.17, 15) is 9.59 Å². The van der Waals surface area contributed by atoms with Gasteiger partial charge in [0.05, 0.1) is 5.54 Å². The fourth-order valence-electron chi connectivity index (χ4n) is 3.59. The number of pyridine rings is 1. The molecule has 24 heavy (non-hydrogen) atoms. The molecule has 0 saturated carbocycles. The Bertz CT molecular complexity index is 592. The van der Waals surface area contributed by atoms with Crippen LogP contribution in [0.2, 0.25) is 0 Å². The Balaban J connectivity index is 1.46. The summed E-state index contributed by atoms with van der Waals surface area (Å²) >= 11 is 0. The number of cyclic esters (lactones) is 1. The molecule has 0 spiro atoms. The topological polar surface area (TPSA) is 62.7 Å². The van der Waals surface area contributed by atoms with Gasteiger partial charge in [0.1, 0.15) is 6.61 Å². The second-order valence-corrected chi connectivity index (χ2v) is 6.67. The molecule has 1 atom stereocenters. The molecule has 0 N–H and O–H groups in total. The molecule has 6 nitrogen and oxygen atoms in total. The highest BCUT2D eigenvalue weighted by atomic mass is 16.6. The van der Waals surface area contributed by atoms with Crippen molar-refractivity contribution >= 4 is 12.0 Å². The van der Waals surface area contributed by atoms with Gasteiger partial charge in [0.25, 0.3) is 0 Å². The molecule has 2 saturated heterocycles. The quantitative estimate of drug-likeness (QED) is 0.750. The summed E-state index contributed by atoms with van der Waals surface area (Å²) in [6.45, 7) is 4.23. The number of aryl methyl sites for hydroxylation is 1. The van der Waals surface area contributed by atoms with Crippen molar-refractivity contribution in [1.29, 1.82) is 0 Å². The number of carbonyl (C=O) groups is 2. The van der Waals surface area contributed by atoms with Crippen molar-refractivity contribution < 1.29 is 14.3 Å². The van der Waals surface area contributed by atoms with Gasteiger partial charge in [-0.1, -0.05) is 13.0 Å². The first kappa shape index (κ1) is 16.7. The summed E-state index contributed by atoms with van der Waals surface area (Å²) < 4.78 is 5.21. The van der Waals surface area contributed by atoms with Crippen molar-refractivity contribution in [3.63, 3.8) is 0 Å². The van der Waals surface area contributed by atoms with Gasteiger partial charge in [-0.05, 0) is 37.3 Å². The zero-order valence-electron chi connectivity index (χ0n) is 14.2. The van der Waals surface area contributed by atoms with Gasteiger partial charge < -0.3 is 9.64 Å². The minimum atomic E-state index is -0.319. The van der Waals surface area contributed by atoms with E-state index in [1.165, 1.54) is 5.56 Å². The van der Waals surface area contributed by atoms with Crippen LogP contribution in [-0.2, 0) is 16.0 Å². The second-order valence-electron chi connectivity index (χ2n) is 6.67. The number of rotatable bonds is 6. The molecule has 130 valence electrons. The highest BCUT2D eigenvalue weighted by Crippen LogP contribution is 2.31. The van der Waals surface area contributed by atoms with Crippen LogP contribution in [0.25, 0.3) is 0 Å². The number of fused-ring (bicyclic) bond motifs is 1. The van der Waals surface area contributed by atoms with Crippen LogP contribution in [0.5, 0.6) is 0 Å². The summed E-state index contributed by atoms with van der Waals surface area (Å²) in [4.78, 5) is 32.1. The lowest BCUT2D eigenvalue weighted by molar-refractivity contribution is -0.135. The number of ether oxygens (including phenoxy) is 1. The van der Waals surface area contributed by atoms with Crippen molar-refractivity contribution in [2.24, 2.45) is 0 Å². The van der Waals surface area contributed by atoms with Gasteiger partial charge in [0, 0.05) is 38.4 Å². The van der Waals surface area contributed by atoms with E-state index in [0.29, 0.717) is 32.7 Å². The second kappa shape index (κ2) is 7.20. The Morgan fingerprint density at radius 2 is 2.25 bits per heavy atom. The Morgan fingerprint density at radius 1 is 1.38 bits per heavy atom. The Morgan fingerprint density at radius 3 is 3.00 bits per heavy atom. The van der Waals surface area contributed by atoms with Crippen molar-refractivity contribution in [3.8, 4) is 0 Å². The maximum Gasteiger partial charge on any atom is 0.410 e. The number of aromatic nitrogens is 1. The maximum absolute atomic E-state index is 12.5. The number of hydrogen-bond acceptors (Lipinski definition) is 4. The van der Waals surface area contributed by atoms with Gasteiger partial charge in [0.15, 0.2) is 0 Å². The first-order valence-corrected chi connectivity index (χ1v) is 8.76. The first-order valence-electron chi connectivity index (χ1n) is 8.76. The molecule has 2 fully saturated rings. The SMILES string of the molecule is CCC12COC(=O)N1CCN(C(=O)CCCCc1cccnc1)C2. The van der Waals surface area contributed by atoms with Crippen LogP contribution in [0, 0.1) is 0 Å². The third-order valence-corrected chi connectivity index (χ3v) is 5.18. The molecule has 0 aromatic carbocycles. The largest absolute Gasteiger partial charge is 0.447 e. The lowest BCUT2D eigenvalue weighted by atomic mass is 9.92. The molecule has 6 heteroatoms. The average molecular weight is 331 g/mol. The predicted molar refractivity (Wildman–Crippen MR) is 89.4 cm³/mol. The van der Waals surface area contributed by atoms with Crippen LogP contribution in [0.1, 0.15) is 38.2 Å². The molecule has 3 rings (SSSR count). The number of amides is 2. The molecule has 0 aliphatic carbocycles. The molecule has 1 aromatic heterocycles.